The Morgan fingerprint density at radius 3 is 2.81 bits per heavy atom. The molecule has 0 spiro atoms. The van der Waals surface area contributed by atoms with Crippen LogP contribution in [0.25, 0.3) is 0 Å². The lowest BCUT2D eigenvalue weighted by Crippen LogP contribution is -2.39. The molecule has 2 N–H and O–H groups in total. The van der Waals surface area contributed by atoms with Gasteiger partial charge in [0.05, 0.1) is 23.2 Å². The van der Waals surface area contributed by atoms with Crippen LogP contribution in [0, 0.1) is 0 Å². The van der Waals surface area contributed by atoms with Gasteiger partial charge < -0.3 is 10.3 Å². The van der Waals surface area contributed by atoms with Crippen LogP contribution in [-0.4, -0.2) is 36.4 Å². The van der Waals surface area contributed by atoms with Gasteiger partial charge in [-0.05, 0) is 0 Å². The van der Waals surface area contributed by atoms with E-state index in [2.05, 4.69) is 15.3 Å². The van der Waals surface area contributed by atoms with Crippen LogP contribution in [0.5, 0.6) is 0 Å². The summed E-state index contributed by atoms with van der Waals surface area (Å²) in [4.78, 5) is 7.43. The van der Waals surface area contributed by atoms with E-state index >= 15 is 0 Å². The average molecular weight is 243 g/mol. The van der Waals surface area contributed by atoms with E-state index in [0.717, 1.165) is 11.5 Å². The molecule has 16 heavy (non-hydrogen) atoms. The molecule has 1 unspecified atom stereocenters. The molecule has 1 fully saturated rings. The average Bonchev–Trinajstić information content (AvgIpc) is 2.64. The minimum atomic E-state index is -2.90. The number of H-pyrrole nitrogens is 1. The van der Waals surface area contributed by atoms with Crippen LogP contribution >= 0.6 is 0 Å². The Labute approximate surface area is 95.6 Å². The Hall–Kier alpha value is -0.880. The molecule has 0 aromatic carbocycles. The smallest absolute Gasteiger partial charge is 0.153 e. The molecule has 1 aliphatic rings. The maximum absolute atomic E-state index is 11.5. The number of rotatable bonds is 2. The van der Waals surface area contributed by atoms with Crippen LogP contribution in [0.1, 0.15) is 37.3 Å². The van der Waals surface area contributed by atoms with Crippen molar-refractivity contribution < 1.29 is 8.42 Å². The summed E-state index contributed by atoms with van der Waals surface area (Å²) in [7, 11) is -2.90. The molecule has 2 rings (SSSR count). The predicted octanol–water partition coefficient (Wildman–Crippen LogP) is 0.592. The quantitative estimate of drug-likeness (QED) is 0.797. The van der Waals surface area contributed by atoms with Gasteiger partial charge in [0.1, 0.15) is 5.82 Å². The summed E-state index contributed by atoms with van der Waals surface area (Å²) in [5, 5.41) is 3.19. The first-order valence-electron chi connectivity index (χ1n) is 5.46. The Balaban J connectivity index is 2.17. The molecule has 0 bridgehead atoms. The summed E-state index contributed by atoms with van der Waals surface area (Å²) in [6.45, 7) is 4.62. The molecule has 5 nitrogen and oxygen atoms in total. The highest BCUT2D eigenvalue weighted by Gasteiger charge is 2.26. The van der Waals surface area contributed by atoms with E-state index in [0.29, 0.717) is 12.5 Å². The topological polar surface area (TPSA) is 74.8 Å². The first kappa shape index (κ1) is 11.6. The Bertz CT molecular complexity index is 464. The van der Waals surface area contributed by atoms with Crippen molar-refractivity contribution >= 4 is 9.84 Å². The summed E-state index contributed by atoms with van der Waals surface area (Å²) >= 11 is 0. The van der Waals surface area contributed by atoms with Crippen molar-refractivity contribution in [2.45, 2.75) is 25.8 Å². The molecular formula is C10H17N3O2S. The molecule has 0 saturated carbocycles. The van der Waals surface area contributed by atoms with Crippen molar-refractivity contribution in [1.82, 2.24) is 15.3 Å². The second-order valence-electron chi connectivity index (χ2n) is 4.50. The molecule has 0 amide bonds. The zero-order chi connectivity index (χ0) is 11.8. The zero-order valence-electron chi connectivity index (χ0n) is 9.53. The number of nitrogens with one attached hydrogen (secondary N) is 2. The summed E-state index contributed by atoms with van der Waals surface area (Å²) in [6, 6.07) is -0.140. The van der Waals surface area contributed by atoms with Crippen LogP contribution in [0.3, 0.4) is 0 Å². The monoisotopic (exact) mass is 243 g/mol. The number of imidazole rings is 1. The van der Waals surface area contributed by atoms with Crippen LogP contribution in [0.15, 0.2) is 6.20 Å². The van der Waals surface area contributed by atoms with E-state index in [-0.39, 0.29) is 17.5 Å². The Morgan fingerprint density at radius 1 is 1.50 bits per heavy atom. The molecule has 6 heteroatoms. The third-order valence-corrected chi connectivity index (χ3v) is 4.43. The number of aromatic amines is 1. The fourth-order valence-electron chi connectivity index (χ4n) is 1.81. The van der Waals surface area contributed by atoms with Crippen LogP contribution in [0.2, 0.25) is 0 Å². The summed E-state index contributed by atoms with van der Waals surface area (Å²) < 4.78 is 23.0. The molecular weight excluding hydrogens is 226 g/mol. The number of hydrogen-bond donors (Lipinski definition) is 2. The molecule has 1 aliphatic heterocycles. The van der Waals surface area contributed by atoms with E-state index in [1.807, 2.05) is 13.8 Å². The highest BCUT2D eigenvalue weighted by Crippen LogP contribution is 2.19. The molecule has 1 aromatic rings. The molecule has 0 aliphatic carbocycles. The lowest BCUT2D eigenvalue weighted by Gasteiger charge is -2.22. The first-order chi connectivity index (χ1) is 7.48. The second kappa shape index (κ2) is 4.18. The lowest BCUT2D eigenvalue weighted by molar-refractivity contribution is 0.524. The van der Waals surface area contributed by atoms with Gasteiger partial charge in [-0.1, -0.05) is 13.8 Å². The Kier molecular flexibility index (Phi) is 3.03. The van der Waals surface area contributed by atoms with Gasteiger partial charge in [0.2, 0.25) is 0 Å². The minimum Gasteiger partial charge on any atom is -0.344 e. The third kappa shape index (κ3) is 2.44. The van der Waals surface area contributed by atoms with Crippen LogP contribution in [0.4, 0.5) is 0 Å². The van der Waals surface area contributed by atoms with Crippen molar-refractivity contribution in [2.75, 3.05) is 18.1 Å². The van der Waals surface area contributed by atoms with Gasteiger partial charge in [0.25, 0.3) is 0 Å². The summed E-state index contributed by atoms with van der Waals surface area (Å²) in [6.07, 6.45) is 1.73. The van der Waals surface area contributed by atoms with Crippen molar-refractivity contribution in [2.24, 2.45) is 0 Å². The molecule has 1 aromatic heterocycles. The van der Waals surface area contributed by atoms with Gasteiger partial charge in [-0.15, -0.1) is 0 Å². The van der Waals surface area contributed by atoms with Crippen molar-refractivity contribution in [3.63, 3.8) is 0 Å². The van der Waals surface area contributed by atoms with Crippen LogP contribution < -0.4 is 5.32 Å². The van der Waals surface area contributed by atoms with E-state index in [4.69, 9.17) is 0 Å². The van der Waals surface area contributed by atoms with Crippen molar-refractivity contribution in [3.05, 3.63) is 17.7 Å². The molecule has 1 atom stereocenters. The second-order valence-corrected chi connectivity index (χ2v) is 6.73. The van der Waals surface area contributed by atoms with Gasteiger partial charge in [0, 0.05) is 18.7 Å². The van der Waals surface area contributed by atoms with Gasteiger partial charge in [0.15, 0.2) is 9.84 Å². The number of hydrogen-bond acceptors (Lipinski definition) is 4. The molecule has 0 radical (unpaired) electrons. The number of sulfone groups is 1. The van der Waals surface area contributed by atoms with Crippen molar-refractivity contribution in [1.29, 1.82) is 0 Å². The highest BCUT2D eigenvalue weighted by molar-refractivity contribution is 7.91. The van der Waals surface area contributed by atoms with E-state index in [9.17, 15) is 8.42 Å². The van der Waals surface area contributed by atoms with E-state index in [1.54, 1.807) is 6.20 Å². The standard InChI is InChI=1S/C10H17N3O2S/c1-7(2)10-12-5-8(13-10)9-6-16(14,15)4-3-11-9/h5,7,9,11H,3-4,6H2,1-2H3,(H,12,13). The highest BCUT2D eigenvalue weighted by atomic mass is 32.2. The number of nitrogens with zero attached hydrogens (tertiary/aromatic N) is 1. The fraction of sp³-hybridized carbons (Fsp3) is 0.700. The Morgan fingerprint density at radius 2 is 2.25 bits per heavy atom. The first-order valence-corrected chi connectivity index (χ1v) is 7.29. The molecule has 90 valence electrons. The lowest BCUT2D eigenvalue weighted by atomic mass is 10.2. The van der Waals surface area contributed by atoms with E-state index in [1.165, 1.54) is 0 Å². The predicted molar refractivity (Wildman–Crippen MR) is 62.1 cm³/mol. The molecule has 2 heterocycles. The van der Waals surface area contributed by atoms with Crippen LogP contribution in [-0.2, 0) is 9.84 Å². The largest absolute Gasteiger partial charge is 0.344 e. The SMILES string of the molecule is CC(C)c1ncc(C2CS(=O)(=O)CCN2)[nH]1. The normalized spacial score (nSPS) is 24.8. The maximum Gasteiger partial charge on any atom is 0.153 e. The van der Waals surface area contributed by atoms with Gasteiger partial charge in [-0.2, -0.15) is 0 Å². The zero-order valence-corrected chi connectivity index (χ0v) is 10.3. The van der Waals surface area contributed by atoms with Gasteiger partial charge >= 0.3 is 0 Å². The van der Waals surface area contributed by atoms with E-state index < -0.39 is 9.84 Å². The van der Waals surface area contributed by atoms with Crippen molar-refractivity contribution in [3.8, 4) is 0 Å². The maximum atomic E-state index is 11.5. The summed E-state index contributed by atoms with van der Waals surface area (Å²) in [5.74, 6) is 1.62. The van der Waals surface area contributed by atoms with Gasteiger partial charge in [-0.25, -0.2) is 13.4 Å². The third-order valence-electron chi connectivity index (χ3n) is 2.76. The number of aromatic nitrogens is 2. The minimum absolute atomic E-state index is 0.140. The molecule has 1 saturated heterocycles. The fourth-order valence-corrected chi connectivity index (χ4v) is 3.21. The van der Waals surface area contributed by atoms with Gasteiger partial charge in [-0.3, -0.25) is 0 Å². The summed E-state index contributed by atoms with van der Waals surface area (Å²) in [5.41, 5.74) is 0.868.